The van der Waals surface area contributed by atoms with Crippen molar-refractivity contribution in [3.8, 4) is 5.75 Å². The number of nitrogens with zero attached hydrogens (tertiary/aromatic N) is 3. The van der Waals surface area contributed by atoms with Crippen LogP contribution in [0.3, 0.4) is 0 Å². The second-order valence-electron chi connectivity index (χ2n) is 6.42. The minimum absolute atomic E-state index is 0.151. The zero-order chi connectivity index (χ0) is 18.5. The first-order chi connectivity index (χ1) is 12.5. The maximum Gasteiger partial charge on any atom is 0.249 e. The molecule has 26 heavy (non-hydrogen) atoms. The molecule has 0 aliphatic heterocycles. The normalized spacial score (nSPS) is 10.7. The fraction of sp³-hybridized carbons (Fsp3) is 0.250. The molecule has 0 spiro atoms. The predicted octanol–water partition coefficient (Wildman–Crippen LogP) is 4.76. The first kappa shape index (κ1) is 17.7. The molecule has 0 amide bonds. The highest BCUT2D eigenvalue weighted by molar-refractivity contribution is 5.61. The largest absolute Gasteiger partial charge is 0.491 e. The van der Waals surface area contributed by atoms with Crippen LogP contribution in [0.1, 0.15) is 25.0 Å². The second kappa shape index (κ2) is 7.82. The van der Waals surface area contributed by atoms with E-state index in [1.807, 2.05) is 52.0 Å². The van der Waals surface area contributed by atoms with Gasteiger partial charge in [-0.25, -0.2) is 0 Å². The van der Waals surface area contributed by atoms with Gasteiger partial charge in [0.25, 0.3) is 0 Å². The van der Waals surface area contributed by atoms with Crippen LogP contribution in [0.2, 0.25) is 0 Å². The maximum atomic E-state index is 5.65. The van der Waals surface area contributed by atoms with E-state index in [9.17, 15) is 0 Å². The third-order valence-corrected chi connectivity index (χ3v) is 3.70. The Kier molecular flexibility index (Phi) is 5.31. The van der Waals surface area contributed by atoms with E-state index >= 15 is 0 Å². The molecule has 0 aliphatic rings. The standard InChI is InChI=1S/C20H23N5O/c1-13(2)26-17-9-7-16(8-10-17)22-19-12-21-25-20(24-19)23-18-11-14(3)5-6-15(18)4/h5-13H,1-4H3,(H2,22,23,24,25). The maximum absolute atomic E-state index is 5.65. The summed E-state index contributed by atoms with van der Waals surface area (Å²) in [5, 5.41) is 14.5. The van der Waals surface area contributed by atoms with Crippen molar-refractivity contribution in [3.63, 3.8) is 0 Å². The number of benzene rings is 2. The van der Waals surface area contributed by atoms with Crippen LogP contribution >= 0.6 is 0 Å². The molecule has 2 aromatic carbocycles. The topological polar surface area (TPSA) is 72.0 Å². The molecule has 0 radical (unpaired) electrons. The molecule has 3 aromatic rings. The number of hydrogen-bond acceptors (Lipinski definition) is 6. The highest BCUT2D eigenvalue weighted by atomic mass is 16.5. The third kappa shape index (κ3) is 4.69. The SMILES string of the molecule is Cc1ccc(C)c(Nc2nncc(Nc3ccc(OC(C)C)cc3)n2)c1. The molecule has 2 N–H and O–H groups in total. The number of aromatic nitrogens is 3. The molecule has 1 heterocycles. The van der Waals surface area contributed by atoms with Crippen molar-refractivity contribution in [2.45, 2.75) is 33.8 Å². The molecule has 0 unspecified atom stereocenters. The van der Waals surface area contributed by atoms with Crippen molar-refractivity contribution in [3.05, 3.63) is 59.8 Å². The smallest absolute Gasteiger partial charge is 0.249 e. The van der Waals surface area contributed by atoms with Gasteiger partial charge in [-0.15, -0.1) is 5.10 Å². The molecule has 0 atom stereocenters. The summed E-state index contributed by atoms with van der Waals surface area (Å²) >= 11 is 0. The lowest BCUT2D eigenvalue weighted by molar-refractivity contribution is 0.242. The van der Waals surface area contributed by atoms with E-state index in [-0.39, 0.29) is 6.10 Å². The fourth-order valence-electron chi connectivity index (χ4n) is 2.44. The van der Waals surface area contributed by atoms with E-state index < -0.39 is 0 Å². The van der Waals surface area contributed by atoms with Crippen LogP contribution in [0.4, 0.5) is 23.1 Å². The van der Waals surface area contributed by atoms with Crippen LogP contribution < -0.4 is 15.4 Å². The number of anilines is 4. The van der Waals surface area contributed by atoms with E-state index in [0.29, 0.717) is 11.8 Å². The minimum atomic E-state index is 0.151. The summed E-state index contributed by atoms with van der Waals surface area (Å²) in [7, 11) is 0. The van der Waals surface area contributed by atoms with Crippen molar-refractivity contribution in [2.75, 3.05) is 10.6 Å². The van der Waals surface area contributed by atoms with E-state index in [0.717, 1.165) is 22.7 Å². The van der Waals surface area contributed by atoms with Crippen LogP contribution in [0.15, 0.2) is 48.7 Å². The number of hydrogen-bond donors (Lipinski definition) is 2. The molecule has 134 valence electrons. The van der Waals surface area contributed by atoms with Crippen LogP contribution in [0.5, 0.6) is 5.75 Å². The summed E-state index contributed by atoms with van der Waals surface area (Å²) in [5.74, 6) is 1.90. The summed E-state index contributed by atoms with van der Waals surface area (Å²) in [6.07, 6.45) is 1.74. The average Bonchev–Trinajstić information content (AvgIpc) is 2.60. The number of ether oxygens (including phenoxy) is 1. The van der Waals surface area contributed by atoms with Gasteiger partial charge in [0.1, 0.15) is 5.75 Å². The summed E-state index contributed by atoms with van der Waals surface area (Å²) in [4.78, 5) is 4.48. The predicted molar refractivity (Wildman–Crippen MR) is 105 cm³/mol. The Morgan fingerprint density at radius 3 is 2.46 bits per heavy atom. The van der Waals surface area contributed by atoms with Crippen LogP contribution in [0.25, 0.3) is 0 Å². The van der Waals surface area contributed by atoms with Crippen molar-refractivity contribution in [1.29, 1.82) is 0 Å². The summed E-state index contributed by atoms with van der Waals surface area (Å²) < 4.78 is 5.65. The van der Waals surface area contributed by atoms with Gasteiger partial charge in [-0.05, 0) is 69.2 Å². The van der Waals surface area contributed by atoms with Gasteiger partial charge >= 0.3 is 0 Å². The van der Waals surface area contributed by atoms with Crippen molar-refractivity contribution < 1.29 is 4.74 Å². The second-order valence-corrected chi connectivity index (χ2v) is 6.42. The highest BCUT2D eigenvalue weighted by Crippen LogP contribution is 2.22. The summed E-state index contributed by atoms with van der Waals surface area (Å²) in [5.41, 5.74) is 4.17. The Hall–Kier alpha value is -3.15. The van der Waals surface area contributed by atoms with E-state index in [1.54, 1.807) is 6.20 Å². The van der Waals surface area contributed by atoms with Crippen molar-refractivity contribution in [1.82, 2.24) is 15.2 Å². The van der Waals surface area contributed by atoms with Gasteiger partial charge in [0.2, 0.25) is 5.95 Å². The molecule has 1 aromatic heterocycles. The molecule has 0 saturated carbocycles. The highest BCUT2D eigenvalue weighted by Gasteiger charge is 2.05. The Morgan fingerprint density at radius 2 is 1.73 bits per heavy atom. The van der Waals surface area contributed by atoms with E-state index in [1.165, 1.54) is 5.56 Å². The molecular weight excluding hydrogens is 326 g/mol. The van der Waals surface area contributed by atoms with Crippen LogP contribution in [-0.4, -0.2) is 21.3 Å². The molecular formula is C20H23N5O. The lowest BCUT2D eigenvalue weighted by Gasteiger charge is -2.12. The minimum Gasteiger partial charge on any atom is -0.491 e. The van der Waals surface area contributed by atoms with E-state index in [4.69, 9.17) is 4.74 Å². The van der Waals surface area contributed by atoms with Crippen LogP contribution in [-0.2, 0) is 0 Å². The van der Waals surface area contributed by atoms with Gasteiger partial charge in [-0.2, -0.15) is 10.1 Å². The Morgan fingerprint density at radius 1 is 0.962 bits per heavy atom. The van der Waals surface area contributed by atoms with Gasteiger partial charge in [0.05, 0.1) is 12.3 Å². The molecule has 6 heteroatoms. The number of rotatable bonds is 6. The molecule has 0 aliphatic carbocycles. The first-order valence-corrected chi connectivity index (χ1v) is 8.57. The lowest BCUT2D eigenvalue weighted by atomic mass is 10.1. The Balaban J connectivity index is 1.72. The summed E-state index contributed by atoms with van der Waals surface area (Å²) in [6.45, 7) is 8.10. The monoisotopic (exact) mass is 349 g/mol. The zero-order valence-electron chi connectivity index (χ0n) is 15.4. The van der Waals surface area contributed by atoms with Crippen molar-refractivity contribution >= 4 is 23.1 Å². The first-order valence-electron chi connectivity index (χ1n) is 8.57. The van der Waals surface area contributed by atoms with Gasteiger partial charge in [-0.1, -0.05) is 12.1 Å². The Bertz CT molecular complexity index is 878. The molecule has 0 saturated heterocycles. The summed E-state index contributed by atoms with van der Waals surface area (Å²) in [6, 6.07) is 13.9. The van der Waals surface area contributed by atoms with Gasteiger partial charge in [-0.3, -0.25) is 0 Å². The number of nitrogens with one attached hydrogen (secondary N) is 2. The number of aryl methyl sites for hydroxylation is 2. The fourth-order valence-corrected chi connectivity index (χ4v) is 2.44. The third-order valence-electron chi connectivity index (χ3n) is 3.70. The van der Waals surface area contributed by atoms with Gasteiger partial charge < -0.3 is 15.4 Å². The van der Waals surface area contributed by atoms with Gasteiger partial charge in [0, 0.05) is 11.4 Å². The van der Waals surface area contributed by atoms with Crippen LogP contribution in [0, 0.1) is 13.8 Å². The molecule has 0 fully saturated rings. The average molecular weight is 349 g/mol. The lowest BCUT2D eigenvalue weighted by Crippen LogP contribution is -2.05. The molecule has 6 nitrogen and oxygen atoms in total. The van der Waals surface area contributed by atoms with E-state index in [2.05, 4.69) is 44.0 Å². The Labute approximate surface area is 153 Å². The quantitative estimate of drug-likeness (QED) is 0.668. The zero-order valence-corrected chi connectivity index (χ0v) is 15.4. The van der Waals surface area contributed by atoms with Gasteiger partial charge in [0.15, 0.2) is 5.82 Å². The van der Waals surface area contributed by atoms with Crippen molar-refractivity contribution in [2.24, 2.45) is 0 Å². The molecule has 0 bridgehead atoms. The molecule has 3 rings (SSSR count).